The topological polar surface area (TPSA) is 83.0 Å². The normalized spacial score (nSPS) is 10.5. The molecule has 6 heteroatoms. The van der Waals surface area contributed by atoms with E-state index in [0.717, 1.165) is 16.8 Å². The van der Waals surface area contributed by atoms with Crippen LogP contribution in [0.3, 0.4) is 0 Å². The Kier molecular flexibility index (Phi) is 5.06. The second kappa shape index (κ2) is 7.42. The maximum absolute atomic E-state index is 12.8. The number of ether oxygens (including phenoxy) is 1. The SMILES string of the molecule is Cc1[nH]c2ccc(OC(=O)Cl)cc2c1C(=O)CCc1ccc(C#N)cc1. The first-order valence-electron chi connectivity index (χ1n) is 8.00. The first-order valence-corrected chi connectivity index (χ1v) is 8.37. The Morgan fingerprint density at radius 1 is 1.19 bits per heavy atom. The number of nitrogens with one attached hydrogen (secondary N) is 1. The molecule has 0 aliphatic heterocycles. The highest BCUT2D eigenvalue weighted by molar-refractivity contribution is 6.61. The Morgan fingerprint density at radius 3 is 2.58 bits per heavy atom. The Balaban J connectivity index is 1.83. The van der Waals surface area contributed by atoms with Gasteiger partial charge in [0.05, 0.1) is 11.6 Å². The van der Waals surface area contributed by atoms with Gasteiger partial charge in [-0.3, -0.25) is 4.79 Å². The molecule has 1 N–H and O–H groups in total. The lowest BCUT2D eigenvalue weighted by atomic mass is 10.00. The standard InChI is InChI=1S/C20H15ClN2O3/c1-12-19(16-10-15(26-20(21)25)7-8-17(16)23-12)18(24)9-6-13-2-4-14(11-22)5-3-13/h2-5,7-8,10,23H,6,9H2,1H3. The molecule has 2 aromatic carbocycles. The molecule has 0 unspecified atom stereocenters. The number of aromatic nitrogens is 1. The van der Waals surface area contributed by atoms with Crippen LogP contribution in [0.2, 0.25) is 0 Å². The predicted molar refractivity (Wildman–Crippen MR) is 98.7 cm³/mol. The van der Waals surface area contributed by atoms with E-state index in [4.69, 9.17) is 21.6 Å². The van der Waals surface area contributed by atoms with Crippen molar-refractivity contribution in [3.05, 3.63) is 64.8 Å². The van der Waals surface area contributed by atoms with Crippen LogP contribution in [0.5, 0.6) is 5.75 Å². The highest BCUT2D eigenvalue weighted by Crippen LogP contribution is 2.28. The van der Waals surface area contributed by atoms with E-state index in [1.54, 1.807) is 30.3 Å². The number of H-pyrrole nitrogens is 1. The van der Waals surface area contributed by atoms with E-state index < -0.39 is 5.43 Å². The fourth-order valence-electron chi connectivity index (χ4n) is 2.95. The molecule has 0 saturated heterocycles. The van der Waals surface area contributed by atoms with Crippen LogP contribution in [0.1, 0.15) is 33.6 Å². The number of ketones is 1. The molecule has 0 aliphatic rings. The summed E-state index contributed by atoms with van der Waals surface area (Å²) in [5.74, 6) is 0.283. The van der Waals surface area contributed by atoms with Gasteiger partial charge < -0.3 is 9.72 Å². The fourth-order valence-corrected chi connectivity index (χ4v) is 3.04. The molecular weight excluding hydrogens is 352 g/mol. The summed E-state index contributed by atoms with van der Waals surface area (Å²) in [5.41, 5.74) is 2.80. The summed E-state index contributed by atoms with van der Waals surface area (Å²) >= 11 is 5.25. The van der Waals surface area contributed by atoms with E-state index in [1.807, 2.05) is 19.1 Å². The van der Waals surface area contributed by atoms with Gasteiger partial charge in [-0.1, -0.05) is 12.1 Å². The summed E-state index contributed by atoms with van der Waals surface area (Å²) < 4.78 is 4.89. The highest BCUT2D eigenvalue weighted by atomic mass is 35.5. The maximum Gasteiger partial charge on any atom is 0.409 e. The third-order valence-electron chi connectivity index (χ3n) is 4.16. The monoisotopic (exact) mass is 366 g/mol. The Hall–Kier alpha value is -3.10. The van der Waals surface area contributed by atoms with Gasteiger partial charge in [0.2, 0.25) is 0 Å². The van der Waals surface area contributed by atoms with Crippen molar-refractivity contribution >= 4 is 33.7 Å². The number of rotatable bonds is 5. The molecule has 1 aromatic heterocycles. The minimum atomic E-state index is -0.926. The van der Waals surface area contributed by atoms with Gasteiger partial charge in [0.15, 0.2) is 5.78 Å². The lowest BCUT2D eigenvalue weighted by Gasteiger charge is -2.04. The Bertz CT molecular complexity index is 1030. The average Bonchev–Trinajstić information content (AvgIpc) is 2.95. The van der Waals surface area contributed by atoms with Crippen molar-refractivity contribution in [1.29, 1.82) is 5.26 Å². The van der Waals surface area contributed by atoms with Crippen molar-refractivity contribution in [1.82, 2.24) is 4.98 Å². The zero-order valence-electron chi connectivity index (χ0n) is 14.0. The quantitative estimate of drug-likeness (QED) is 0.514. The number of benzene rings is 2. The number of aromatic amines is 1. The van der Waals surface area contributed by atoms with Gasteiger partial charge in [0, 0.05) is 40.2 Å². The van der Waals surface area contributed by atoms with Crippen molar-refractivity contribution in [3.63, 3.8) is 0 Å². The molecule has 0 amide bonds. The van der Waals surface area contributed by atoms with E-state index in [-0.39, 0.29) is 11.5 Å². The Morgan fingerprint density at radius 2 is 1.92 bits per heavy atom. The first-order chi connectivity index (χ1) is 12.5. The summed E-state index contributed by atoms with van der Waals surface area (Å²) in [4.78, 5) is 26.9. The lowest BCUT2D eigenvalue weighted by Crippen LogP contribution is -2.03. The number of carbonyl (C=O) groups is 2. The molecule has 1 heterocycles. The molecular formula is C20H15ClN2O3. The van der Waals surface area contributed by atoms with Crippen LogP contribution in [0.4, 0.5) is 4.79 Å². The minimum Gasteiger partial charge on any atom is -0.414 e. The van der Waals surface area contributed by atoms with Gasteiger partial charge in [0.1, 0.15) is 5.75 Å². The second-order valence-corrected chi connectivity index (χ2v) is 6.21. The van der Waals surface area contributed by atoms with E-state index >= 15 is 0 Å². The van der Waals surface area contributed by atoms with E-state index in [2.05, 4.69) is 11.1 Å². The Labute approximate surface area is 155 Å². The van der Waals surface area contributed by atoms with Gasteiger partial charge in [-0.25, -0.2) is 4.79 Å². The van der Waals surface area contributed by atoms with Crippen LogP contribution >= 0.6 is 11.6 Å². The first kappa shape index (κ1) is 17.7. The van der Waals surface area contributed by atoms with Crippen molar-refractivity contribution < 1.29 is 14.3 Å². The number of hydrogen-bond donors (Lipinski definition) is 1. The molecule has 0 aliphatic carbocycles. The largest absolute Gasteiger partial charge is 0.414 e. The lowest BCUT2D eigenvalue weighted by molar-refractivity contribution is 0.0984. The van der Waals surface area contributed by atoms with Crippen molar-refractivity contribution in [2.75, 3.05) is 0 Å². The second-order valence-electron chi connectivity index (χ2n) is 5.90. The molecule has 130 valence electrons. The number of hydrogen-bond acceptors (Lipinski definition) is 4. The number of halogens is 1. The highest BCUT2D eigenvalue weighted by Gasteiger charge is 2.17. The van der Waals surface area contributed by atoms with E-state index in [9.17, 15) is 9.59 Å². The summed E-state index contributed by atoms with van der Waals surface area (Å²) in [6, 6.07) is 14.2. The van der Waals surface area contributed by atoms with Crippen LogP contribution in [-0.4, -0.2) is 16.2 Å². The molecule has 3 rings (SSSR count). The maximum atomic E-state index is 12.8. The third kappa shape index (κ3) is 3.76. The van der Waals surface area contributed by atoms with Gasteiger partial charge in [-0.05, 0) is 49.2 Å². The van der Waals surface area contributed by atoms with Gasteiger partial charge >= 0.3 is 5.43 Å². The number of fused-ring (bicyclic) bond motifs is 1. The van der Waals surface area contributed by atoms with Crippen molar-refractivity contribution in [3.8, 4) is 11.8 Å². The van der Waals surface area contributed by atoms with E-state index in [0.29, 0.717) is 29.4 Å². The van der Waals surface area contributed by atoms with Crippen LogP contribution < -0.4 is 4.74 Å². The molecule has 0 radical (unpaired) electrons. The predicted octanol–water partition coefficient (Wildman–Crippen LogP) is 4.90. The molecule has 0 atom stereocenters. The minimum absolute atomic E-state index is 0.00698. The van der Waals surface area contributed by atoms with Crippen molar-refractivity contribution in [2.24, 2.45) is 0 Å². The molecule has 0 spiro atoms. The van der Waals surface area contributed by atoms with Crippen LogP contribution in [-0.2, 0) is 6.42 Å². The van der Waals surface area contributed by atoms with Crippen LogP contribution in [0.25, 0.3) is 10.9 Å². The van der Waals surface area contributed by atoms with Crippen molar-refractivity contribution in [2.45, 2.75) is 19.8 Å². The third-order valence-corrected chi connectivity index (χ3v) is 4.24. The number of nitriles is 1. The summed E-state index contributed by atoms with van der Waals surface area (Å²) in [6.07, 6.45) is 0.909. The number of carbonyl (C=O) groups excluding carboxylic acids is 2. The smallest absolute Gasteiger partial charge is 0.409 e. The van der Waals surface area contributed by atoms with E-state index in [1.165, 1.54) is 0 Å². The number of Topliss-reactive ketones (excluding diaryl/α,β-unsaturated/α-hetero) is 1. The average molecular weight is 367 g/mol. The fraction of sp³-hybridized carbons (Fsp3) is 0.150. The molecule has 26 heavy (non-hydrogen) atoms. The summed E-state index contributed by atoms with van der Waals surface area (Å²) in [7, 11) is 0. The summed E-state index contributed by atoms with van der Waals surface area (Å²) in [6.45, 7) is 1.84. The van der Waals surface area contributed by atoms with Gasteiger partial charge in [-0.15, -0.1) is 0 Å². The van der Waals surface area contributed by atoms with Gasteiger partial charge in [0.25, 0.3) is 0 Å². The number of nitrogens with zero attached hydrogens (tertiary/aromatic N) is 1. The molecule has 5 nitrogen and oxygen atoms in total. The van der Waals surface area contributed by atoms with Crippen LogP contribution in [0, 0.1) is 18.3 Å². The molecule has 0 bridgehead atoms. The summed E-state index contributed by atoms with van der Waals surface area (Å²) in [5, 5.41) is 9.53. The number of aryl methyl sites for hydroxylation is 2. The molecule has 0 fully saturated rings. The molecule has 0 saturated carbocycles. The zero-order valence-corrected chi connectivity index (χ0v) is 14.8. The molecule has 3 aromatic rings. The van der Waals surface area contributed by atoms with Crippen LogP contribution in [0.15, 0.2) is 42.5 Å². The zero-order chi connectivity index (χ0) is 18.7. The van der Waals surface area contributed by atoms with Gasteiger partial charge in [-0.2, -0.15) is 5.26 Å².